The Hall–Kier alpha value is -2.16. The highest BCUT2D eigenvalue weighted by Gasteiger charge is 2.21. The predicted octanol–water partition coefficient (Wildman–Crippen LogP) is -0.0518. The lowest BCUT2D eigenvalue weighted by Crippen LogP contribution is -2.54. The zero-order valence-electron chi connectivity index (χ0n) is 17.1. The van der Waals surface area contributed by atoms with Gasteiger partial charge >= 0.3 is 0 Å². The molecule has 0 aliphatic carbocycles. The summed E-state index contributed by atoms with van der Waals surface area (Å²) in [7, 11) is 0. The van der Waals surface area contributed by atoms with Crippen molar-refractivity contribution in [1.29, 1.82) is 0 Å². The average molecular weight is 379 g/mol. The zero-order valence-corrected chi connectivity index (χ0v) is 17.1. The monoisotopic (exact) mass is 378 g/mol. The number of nitrogens with zero attached hydrogens (tertiary/aromatic N) is 6. The van der Waals surface area contributed by atoms with Gasteiger partial charge in [0.2, 0.25) is 5.91 Å². The van der Waals surface area contributed by atoms with Crippen LogP contribution in [0.25, 0.3) is 0 Å². The Bertz CT molecular complexity index is 604. The van der Waals surface area contributed by atoms with Crippen molar-refractivity contribution in [3.8, 4) is 0 Å². The SMILES string of the molecule is CCNC(=NCCn1cnnc1CC)N1CCN(CC(=O)NC(C)C)CC1. The van der Waals surface area contributed by atoms with Crippen molar-refractivity contribution in [3.05, 3.63) is 12.2 Å². The Morgan fingerprint density at radius 2 is 2.00 bits per heavy atom. The van der Waals surface area contributed by atoms with Crippen LogP contribution in [0.3, 0.4) is 0 Å². The molecule has 0 aromatic carbocycles. The van der Waals surface area contributed by atoms with Crippen LogP contribution in [0.4, 0.5) is 0 Å². The van der Waals surface area contributed by atoms with Gasteiger partial charge in [0, 0.05) is 51.7 Å². The van der Waals surface area contributed by atoms with Crippen LogP contribution in [0.1, 0.15) is 33.5 Å². The highest BCUT2D eigenvalue weighted by Crippen LogP contribution is 2.03. The fraction of sp³-hybridized carbons (Fsp3) is 0.778. The smallest absolute Gasteiger partial charge is 0.234 e. The van der Waals surface area contributed by atoms with Gasteiger partial charge in [0.05, 0.1) is 13.1 Å². The number of amides is 1. The van der Waals surface area contributed by atoms with E-state index in [4.69, 9.17) is 4.99 Å². The molecule has 1 aromatic heterocycles. The molecule has 9 nitrogen and oxygen atoms in total. The first-order chi connectivity index (χ1) is 13.0. The van der Waals surface area contributed by atoms with E-state index in [1.807, 2.05) is 13.8 Å². The number of aromatic nitrogens is 3. The number of aliphatic imine (C=N–C) groups is 1. The van der Waals surface area contributed by atoms with Crippen molar-refractivity contribution >= 4 is 11.9 Å². The van der Waals surface area contributed by atoms with E-state index >= 15 is 0 Å². The molecule has 9 heteroatoms. The maximum Gasteiger partial charge on any atom is 0.234 e. The van der Waals surface area contributed by atoms with E-state index in [0.29, 0.717) is 13.1 Å². The highest BCUT2D eigenvalue weighted by molar-refractivity contribution is 5.80. The van der Waals surface area contributed by atoms with Gasteiger partial charge in [-0.05, 0) is 20.8 Å². The summed E-state index contributed by atoms with van der Waals surface area (Å²) in [4.78, 5) is 21.2. The molecule has 0 bridgehead atoms. The summed E-state index contributed by atoms with van der Waals surface area (Å²) < 4.78 is 2.05. The molecule has 0 spiro atoms. The van der Waals surface area contributed by atoms with E-state index in [0.717, 1.165) is 57.5 Å². The van der Waals surface area contributed by atoms with Crippen LogP contribution in [0, 0.1) is 0 Å². The second-order valence-electron chi connectivity index (χ2n) is 7.02. The highest BCUT2D eigenvalue weighted by atomic mass is 16.2. The minimum absolute atomic E-state index is 0.0969. The average Bonchev–Trinajstić information content (AvgIpc) is 3.08. The Balaban J connectivity index is 1.83. The molecule has 1 fully saturated rings. The predicted molar refractivity (Wildman–Crippen MR) is 107 cm³/mol. The summed E-state index contributed by atoms with van der Waals surface area (Å²) in [5, 5.41) is 14.4. The zero-order chi connectivity index (χ0) is 19.6. The molecule has 0 saturated carbocycles. The summed E-state index contributed by atoms with van der Waals surface area (Å²) in [6.45, 7) is 14.4. The minimum atomic E-state index is 0.0969. The van der Waals surface area contributed by atoms with E-state index in [-0.39, 0.29) is 11.9 Å². The number of rotatable bonds is 8. The fourth-order valence-electron chi connectivity index (χ4n) is 3.12. The number of nitrogens with one attached hydrogen (secondary N) is 2. The molecule has 152 valence electrons. The first kappa shape index (κ1) is 21.1. The van der Waals surface area contributed by atoms with Gasteiger partial charge in [-0.1, -0.05) is 6.92 Å². The normalized spacial score (nSPS) is 16.0. The van der Waals surface area contributed by atoms with Gasteiger partial charge in [-0.25, -0.2) is 0 Å². The molecule has 2 N–H and O–H groups in total. The van der Waals surface area contributed by atoms with Crippen LogP contribution < -0.4 is 10.6 Å². The lowest BCUT2D eigenvalue weighted by molar-refractivity contribution is -0.123. The molecule has 1 saturated heterocycles. The molecular weight excluding hydrogens is 344 g/mol. The number of piperazine rings is 1. The molecular formula is C18H34N8O. The maximum absolute atomic E-state index is 11.9. The van der Waals surface area contributed by atoms with Crippen molar-refractivity contribution < 1.29 is 4.79 Å². The third-order valence-electron chi connectivity index (χ3n) is 4.44. The van der Waals surface area contributed by atoms with Crippen LogP contribution in [0.5, 0.6) is 0 Å². The molecule has 0 unspecified atom stereocenters. The van der Waals surface area contributed by atoms with Crippen molar-refractivity contribution in [3.63, 3.8) is 0 Å². The molecule has 0 radical (unpaired) electrons. The fourth-order valence-corrected chi connectivity index (χ4v) is 3.12. The Morgan fingerprint density at radius 3 is 2.63 bits per heavy atom. The first-order valence-electron chi connectivity index (χ1n) is 9.95. The molecule has 27 heavy (non-hydrogen) atoms. The number of guanidine groups is 1. The number of aryl methyl sites for hydroxylation is 1. The number of hydrogen-bond acceptors (Lipinski definition) is 5. The third-order valence-corrected chi connectivity index (χ3v) is 4.44. The number of hydrogen-bond donors (Lipinski definition) is 2. The topological polar surface area (TPSA) is 90.7 Å². The maximum atomic E-state index is 11.9. The summed E-state index contributed by atoms with van der Waals surface area (Å²) in [5.74, 6) is 2.03. The minimum Gasteiger partial charge on any atom is -0.357 e. The third kappa shape index (κ3) is 6.82. The lowest BCUT2D eigenvalue weighted by Gasteiger charge is -2.36. The Labute approximate surface area is 162 Å². The van der Waals surface area contributed by atoms with Crippen LogP contribution >= 0.6 is 0 Å². The molecule has 1 aliphatic heterocycles. The lowest BCUT2D eigenvalue weighted by atomic mass is 10.3. The molecule has 1 amide bonds. The number of carbonyl (C=O) groups excluding carboxylic acids is 1. The molecule has 2 rings (SSSR count). The summed E-state index contributed by atoms with van der Waals surface area (Å²) >= 11 is 0. The number of carbonyl (C=O) groups is 1. The van der Waals surface area contributed by atoms with Crippen LogP contribution in [-0.4, -0.2) is 88.3 Å². The van der Waals surface area contributed by atoms with Crippen molar-refractivity contribution in [1.82, 2.24) is 35.2 Å². The van der Waals surface area contributed by atoms with Crippen LogP contribution in [-0.2, 0) is 17.8 Å². The molecule has 1 aliphatic rings. The van der Waals surface area contributed by atoms with Crippen LogP contribution in [0.15, 0.2) is 11.3 Å². The molecule has 0 atom stereocenters. The first-order valence-corrected chi connectivity index (χ1v) is 9.95. The van der Waals surface area contributed by atoms with Crippen molar-refractivity contribution in [2.24, 2.45) is 4.99 Å². The van der Waals surface area contributed by atoms with Gasteiger partial charge in [-0.3, -0.25) is 14.7 Å². The van der Waals surface area contributed by atoms with Gasteiger partial charge in [0.25, 0.3) is 0 Å². The second kappa shape index (κ2) is 10.9. The Morgan fingerprint density at radius 1 is 1.26 bits per heavy atom. The summed E-state index contributed by atoms with van der Waals surface area (Å²) in [5.41, 5.74) is 0. The van der Waals surface area contributed by atoms with E-state index in [2.05, 4.69) is 49.0 Å². The van der Waals surface area contributed by atoms with Crippen molar-refractivity contribution in [2.75, 3.05) is 45.8 Å². The van der Waals surface area contributed by atoms with Gasteiger partial charge in [0.15, 0.2) is 5.96 Å². The Kier molecular flexibility index (Phi) is 8.50. The molecule has 2 heterocycles. The van der Waals surface area contributed by atoms with Gasteiger partial charge < -0.3 is 20.1 Å². The quantitative estimate of drug-likeness (QED) is 0.487. The van der Waals surface area contributed by atoms with Gasteiger partial charge in [-0.2, -0.15) is 0 Å². The van der Waals surface area contributed by atoms with E-state index in [9.17, 15) is 4.79 Å². The van der Waals surface area contributed by atoms with Gasteiger partial charge in [-0.15, -0.1) is 10.2 Å². The largest absolute Gasteiger partial charge is 0.357 e. The summed E-state index contributed by atoms with van der Waals surface area (Å²) in [6.07, 6.45) is 2.64. The standard InChI is InChI=1S/C18H34N8O/c1-5-16-23-21-14-26(16)8-7-20-18(19-6-2)25-11-9-24(10-12-25)13-17(27)22-15(3)4/h14-15H,5-13H2,1-4H3,(H,19,20)(H,22,27). The summed E-state index contributed by atoms with van der Waals surface area (Å²) in [6, 6.07) is 0.185. The van der Waals surface area contributed by atoms with E-state index in [1.165, 1.54) is 0 Å². The second-order valence-corrected chi connectivity index (χ2v) is 7.02. The van der Waals surface area contributed by atoms with Gasteiger partial charge in [0.1, 0.15) is 12.2 Å². The van der Waals surface area contributed by atoms with Crippen LogP contribution in [0.2, 0.25) is 0 Å². The van der Waals surface area contributed by atoms with Crippen molar-refractivity contribution in [2.45, 2.75) is 46.7 Å². The van der Waals surface area contributed by atoms with E-state index in [1.54, 1.807) is 6.33 Å². The molecule has 1 aromatic rings. The van der Waals surface area contributed by atoms with E-state index < -0.39 is 0 Å².